The van der Waals surface area contributed by atoms with Crippen LogP contribution in [-0.4, -0.2) is 43.8 Å². The molecule has 3 rings (SSSR count). The van der Waals surface area contributed by atoms with Crippen LogP contribution in [-0.2, 0) is 23.0 Å². The Bertz CT molecular complexity index is 1180. The first-order valence-corrected chi connectivity index (χ1v) is 11.2. The number of hydrogen-bond donors (Lipinski definition) is 1. The monoisotopic (exact) mass is 445 g/mol. The molecule has 1 N–H and O–H groups in total. The number of hydrogen-bond acceptors (Lipinski definition) is 3. The van der Waals surface area contributed by atoms with Gasteiger partial charge >= 0.3 is 0 Å². The van der Waals surface area contributed by atoms with E-state index < -0.39 is 10.0 Å². The summed E-state index contributed by atoms with van der Waals surface area (Å²) < 4.78 is 27.9. The molecular formula is C22H24ClN3O3S. The van der Waals surface area contributed by atoms with Gasteiger partial charge in [-0.1, -0.05) is 29.8 Å². The van der Waals surface area contributed by atoms with Gasteiger partial charge in [-0.05, 0) is 48.4 Å². The summed E-state index contributed by atoms with van der Waals surface area (Å²) in [5.41, 5.74) is 2.31. The molecule has 0 aliphatic carbocycles. The summed E-state index contributed by atoms with van der Waals surface area (Å²) in [6, 6.07) is 14.1. The second kappa shape index (κ2) is 9.04. The zero-order chi connectivity index (χ0) is 21.9. The average Bonchev–Trinajstić information content (AvgIpc) is 3.07. The molecule has 0 bridgehead atoms. The molecule has 0 saturated carbocycles. The number of fused-ring (bicyclic) bond motifs is 1. The molecule has 0 saturated heterocycles. The van der Waals surface area contributed by atoms with Crippen molar-refractivity contribution in [3.05, 3.63) is 77.5 Å². The summed E-state index contributed by atoms with van der Waals surface area (Å²) in [5.74, 6) is -0.223. The van der Waals surface area contributed by atoms with E-state index in [1.807, 2.05) is 28.8 Å². The topological polar surface area (TPSA) is 71.4 Å². The van der Waals surface area contributed by atoms with Gasteiger partial charge in [0.05, 0.1) is 4.90 Å². The molecule has 0 fully saturated rings. The SMILES string of the molecule is C=CCn1c(C(=O)NCCc2ccc(Cl)cc2)cc2cc(S(=O)(=O)N(C)C)ccc21. The van der Waals surface area contributed by atoms with Crippen LogP contribution in [0.25, 0.3) is 10.9 Å². The maximum atomic E-state index is 12.8. The summed E-state index contributed by atoms with van der Waals surface area (Å²) in [4.78, 5) is 13.0. The predicted molar refractivity (Wildman–Crippen MR) is 120 cm³/mol. The van der Waals surface area contributed by atoms with E-state index in [1.165, 1.54) is 18.4 Å². The minimum Gasteiger partial charge on any atom is -0.350 e. The van der Waals surface area contributed by atoms with Gasteiger partial charge in [-0.25, -0.2) is 12.7 Å². The highest BCUT2D eigenvalue weighted by Crippen LogP contribution is 2.25. The number of nitrogens with zero attached hydrogens (tertiary/aromatic N) is 2. The number of sulfonamides is 1. The summed E-state index contributed by atoms with van der Waals surface area (Å²) in [7, 11) is -0.582. The molecule has 0 aliphatic rings. The summed E-state index contributed by atoms with van der Waals surface area (Å²) in [5, 5.41) is 4.29. The van der Waals surface area contributed by atoms with Crippen molar-refractivity contribution < 1.29 is 13.2 Å². The highest BCUT2D eigenvalue weighted by molar-refractivity contribution is 7.89. The molecule has 0 spiro atoms. The third kappa shape index (κ3) is 4.59. The molecule has 0 atom stereocenters. The Morgan fingerprint density at radius 1 is 1.17 bits per heavy atom. The number of aromatic nitrogens is 1. The van der Waals surface area contributed by atoms with Crippen molar-refractivity contribution >= 4 is 38.4 Å². The van der Waals surface area contributed by atoms with E-state index in [0.717, 1.165) is 11.1 Å². The normalized spacial score (nSPS) is 11.7. The van der Waals surface area contributed by atoms with E-state index in [1.54, 1.807) is 30.3 Å². The van der Waals surface area contributed by atoms with Gasteiger partial charge in [0.15, 0.2) is 0 Å². The van der Waals surface area contributed by atoms with Gasteiger partial charge in [0.1, 0.15) is 5.69 Å². The third-order valence-corrected chi connectivity index (χ3v) is 6.87. The fourth-order valence-corrected chi connectivity index (χ4v) is 4.26. The number of nitrogens with one attached hydrogen (secondary N) is 1. The first kappa shape index (κ1) is 22.1. The van der Waals surface area contributed by atoms with Gasteiger partial charge in [-0.3, -0.25) is 4.79 Å². The number of halogens is 1. The summed E-state index contributed by atoms with van der Waals surface area (Å²) in [6.07, 6.45) is 2.38. The van der Waals surface area contributed by atoms with Crippen molar-refractivity contribution in [2.45, 2.75) is 17.9 Å². The van der Waals surface area contributed by atoms with Gasteiger partial charge in [-0.2, -0.15) is 0 Å². The quantitative estimate of drug-likeness (QED) is 0.537. The molecule has 2 aromatic carbocycles. The van der Waals surface area contributed by atoms with Crippen molar-refractivity contribution in [1.82, 2.24) is 14.2 Å². The lowest BCUT2D eigenvalue weighted by Crippen LogP contribution is -2.27. The van der Waals surface area contributed by atoms with Gasteiger partial charge in [0.25, 0.3) is 5.91 Å². The average molecular weight is 446 g/mol. The molecule has 1 amide bonds. The maximum Gasteiger partial charge on any atom is 0.267 e. The van der Waals surface area contributed by atoms with E-state index in [4.69, 9.17) is 11.6 Å². The second-order valence-electron chi connectivity index (χ2n) is 7.07. The number of carbonyl (C=O) groups is 1. The molecule has 8 heteroatoms. The minimum atomic E-state index is -3.56. The molecule has 1 aromatic heterocycles. The zero-order valence-electron chi connectivity index (χ0n) is 16.9. The van der Waals surface area contributed by atoms with Gasteiger partial charge in [0, 0.05) is 43.1 Å². The molecule has 6 nitrogen and oxygen atoms in total. The second-order valence-corrected chi connectivity index (χ2v) is 9.66. The van der Waals surface area contributed by atoms with Gasteiger partial charge in [0.2, 0.25) is 10.0 Å². The van der Waals surface area contributed by atoms with Crippen LogP contribution in [0.1, 0.15) is 16.1 Å². The number of rotatable bonds is 8. The van der Waals surface area contributed by atoms with E-state index in [2.05, 4.69) is 11.9 Å². The molecule has 0 aliphatic heterocycles. The Labute approximate surface area is 181 Å². The zero-order valence-corrected chi connectivity index (χ0v) is 18.5. The number of allylic oxidation sites excluding steroid dienone is 1. The first-order valence-electron chi connectivity index (χ1n) is 9.43. The van der Waals surface area contributed by atoms with E-state index in [0.29, 0.717) is 35.6 Å². The van der Waals surface area contributed by atoms with Crippen molar-refractivity contribution in [3.8, 4) is 0 Å². The Balaban J connectivity index is 1.86. The number of carbonyl (C=O) groups excluding carboxylic acids is 1. The van der Waals surface area contributed by atoms with E-state index in [-0.39, 0.29) is 10.8 Å². The highest BCUT2D eigenvalue weighted by Gasteiger charge is 2.20. The highest BCUT2D eigenvalue weighted by atomic mass is 35.5. The standard InChI is InChI=1S/C22H24ClN3O3S/c1-4-13-26-20-10-9-19(30(28,29)25(2)3)14-17(20)15-21(26)22(27)24-12-11-16-5-7-18(23)8-6-16/h4-10,14-15H,1,11-13H2,2-3H3,(H,24,27). The Morgan fingerprint density at radius 3 is 2.50 bits per heavy atom. The fourth-order valence-electron chi connectivity index (χ4n) is 3.20. The van der Waals surface area contributed by atoms with Crippen molar-refractivity contribution in [3.63, 3.8) is 0 Å². The van der Waals surface area contributed by atoms with Crippen LogP contribution >= 0.6 is 11.6 Å². The molecule has 1 heterocycles. The molecule has 30 heavy (non-hydrogen) atoms. The minimum absolute atomic E-state index is 0.186. The molecule has 0 radical (unpaired) electrons. The van der Waals surface area contributed by atoms with E-state index >= 15 is 0 Å². The molecule has 0 unspecified atom stereocenters. The maximum absolute atomic E-state index is 12.8. The molecule has 3 aromatic rings. The van der Waals surface area contributed by atoms with Crippen LogP contribution < -0.4 is 5.32 Å². The predicted octanol–water partition coefficient (Wildman–Crippen LogP) is 3.70. The van der Waals surface area contributed by atoms with Crippen molar-refractivity contribution in [2.24, 2.45) is 0 Å². The van der Waals surface area contributed by atoms with Gasteiger partial charge in [-0.15, -0.1) is 6.58 Å². The Hall–Kier alpha value is -2.61. The molecule has 158 valence electrons. The Kier molecular flexibility index (Phi) is 6.65. The van der Waals surface area contributed by atoms with Crippen molar-refractivity contribution in [2.75, 3.05) is 20.6 Å². The number of benzene rings is 2. The molecular weight excluding hydrogens is 422 g/mol. The lowest BCUT2D eigenvalue weighted by molar-refractivity contribution is 0.0946. The van der Waals surface area contributed by atoms with E-state index in [9.17, 15) is 13.2 Å². The number of amides is 1. The Morgan fingerprint density at radius 2 is 1.87 bits per heavy atom. The van der Waals surface area contributed by atoms with Crippen LogP contribution in [0.15, 0.2) is 66.1 Å². The largest absolute Gasteiger partial charge is 0.350 e. The lowest BCUT2D eigenvalue weighted by atomic mass is 10.1. The van der Waals surface area contributed by atoms with Gasteiger partial charge < -0.3 is 9.88 Å². The smallest absolute Gasteiger partial charge is 0.267 e. The lowest BCUT2D eigenvalue weighted by Gasteiger charge is -2.12. The summed E-state index contributed by atoms with van der Waals surface area (Å²) in [6.45, 7) is 4.67. The van der Waals surface area contributed by atoms with Crippen LogP contribution in [0.2, 0.25) is 5.02 Å². The van der Waals surface area contributed by atoms with Crippen LogP contribution in [0, 0.1) is 0 Å². The van der Waals surface area contributed by atoms with Crippen LogP contribution in [0.3, 0.4) is 0 Å². The fraction of sp³-hybridized carbons (Fsp3) is 0.227. The third-order valence-electron chi connectivity index (χ3n) is 4.81. The van der Waals surface area contributed by atoms with Crippen LogP contribution in [0.4, 0.5) is 0 Å². The van der Waals surface area contributed by atoms with Crippen LogP contribution in [0.5, 0.6) is 0 Å². The van der Waals surface area contributed by atoms with Crippen molar-refractivity contribution in [1.29, 1.82) is 0 Å². The summed E-state index contributed by atoms with van der Waals surface area (Å²) >= 11 is 5.90. The first-order chi connectivity index (χ1) is 14.2.